The Morgan fingerprint density at radius 2 is 2.26 bits per heavy atom. The van der Waals surface area contributed by atoms with E-state index >= 15 is 0 Å². The molecule has 7 heteroatoms. The number of likely N-dealkylation sites (tertiary alicyclic amines) is 1. The van der Waals surface area contributed by atoms with Crippen molar-refractivity contribution in [3.63, 3.8) is 0 Å². The number of hydrogen-bond acceptors (Lipinski definition) is 5. The van der Waals surface area contributed by atoms with Gasteiger partial charge in [-0.15, -0.1) is 0 Å². The quantitative estimate of drug-likeness (QED) is 0.696. The van der Waals surface area contributed by atoms with Crippen LogP contribution in [0.2, 0.25) is 0 Å². The van der Waals surface area contributed by atoms with Crippen LogP contribution in [0.5, 0.6) is 0 Å². The van der Waals surface area contributed by atoms with Gasteiger partial charge in [0.25, 0.3) is 0 Å². The Kier molecular flexibility index (Phi) is 4.47. The highest BCUT2D eigenvalue weighted by molar-refractivity contribution is 7.91. The summed E-state index contributed by atoms with van der Waals surface area (Å²) < 4.78 is 23.0. The average molecular weight is 290 g/mol. The first-order chi connectivity index (χ1) is 8.87. The minimum Gasteiger partial charge on any atom is -0.393 e. The van der Waals surface area contributed by atoms with Crippen molar-refractivity contribution in [2.45, 2.75) is 31.9 Å². The van der Waals surface area contributed by atoms with Gasteiger partial charge in [-0.3, -0.25) is 4.79 Å². The van der Waals surface area contributed by atoms with Crippen LogP contribution in [0.1, 0.15) is 19.8 Å². The molecule has 2 fully saturated rings. The molecular weight excluding hydrogens is 268 g/mol. The highest BCUT2D eigenvalue weighted by Crippen LogP contribution is 2.20. The second kappa shape index (κ2) is 5.76. The van der Waals surface area contributed by atoms with Crippen LogP contribution in [0, 0.1) is 5.92 Å². The number of aliphatic hydroxyl groups is 1. The van der Waals surface area contributed by atoms with E-state index in [1.165, 1.54) is 0 Å². The number of nitrogens with zero attached hydrogens (tertiary/aromatic N) is 1. The van der Waals surface area contributed by atoms with Crippen molar-refractivity contribution in [1.82, 2.24) is 10.2 Å². The van der Waals surface area contributed by atoms with E-state index in [0.29, 0.717) is 19.6 Å². The van der Waals surface area contributed by atoms with Gasteiger partial charge >= 0.3 is 0 Å². The molecule has 110 valence electrons. The molecule has 3 unspecified atom stereocenters. The van der Waals surface area contributed by atoms with Crippen LogP contribution in [0.25, 0.3) is 0 Å². The van der Waals surface area contributed by atoms with Crippen molar-refractivity contribution in [1.29, 1.82) is 0 Å². The van der Waals surface area contributed by atoms with E-state index in [2.05, 4.69) is 5.32 Å². The first-order valence-corrected chi connectivity index (χ1v) is 8.59. The molecule has 0 aromatic rings. The molecule has 0 spiro atoms. The van der Waals surface area contributed by atoms with Crippen LogP contribution in [0.15, 0.2) is 0 Å². The van der Waals surface area contributed by atoms with E-state index in [-0.39, 0.29) is 35.8 Å². The van der Waals surface area contributed by atoms with Gasteiger partial charge in [-0.05, 0) is 13.3 Å². The summed E-state index contributed by atoms with van der Waals surface area (Å²) in [6.45, 7) is 3.41. The molecule has 0 saturated carbocycles. The molecule has 2 saturated heterocycles. The van der Waals surface area contributed by atoms with E-state index in [0.717, 1.165) is 6.42 Å². The molecular formula is C12H22N2O4S. The lowest BCUT2D eigenvalue weighted by molar-refractivity contribution is -0.130. The Labute approximate surface area is 114 Å². The Morgan fingerprint density at radius 3 is 2.84 bits per heavy atom. The molecule has 2 aliphatic heterocycles. The minimum atomic E-state index is -3.00. The van der Waals surface area contributed by atoms with Gasteiger partial charge in [-0.2, -0.15) is 0 Å². The predicted octanol–water partition coefficient (Wildman–Crippen LogP) is -1.01. The van der Waals surface area contributed by atoms with E-state index < -0.39 is 15.9 Å². The summed E-state index contributed by atoms with van der Waals surface area (Å²) in [6, 6.07) is -0.267. The summed E-state index contributed by atoms with van der Waals surface area (Å²) in [7, 11) is -3.00. The fourth-order valence-electron chi connectivity index (χ4n) is 2.75. The number of rotatable bonds is 3. The molecule has 2 heterocycles. The highest BCUT2D eigenvalue weighted by atomic mass is 32.2. The summed E-state index contributed by atoms with van der Waals surface area (Å²) in [5.41, 5.74) is 0. The lowest BCUT2D eigenvalue weighted by Gasteiger charge is -2.25. The topological polar surface area (TPSA) is 86.7 Å². The van der Waals surface area contributed by atoms with Crippen molar-refractivity contribution in [3.05, 3.63) is 0 Å². The van der Waals surface area contributed by atoms with Crippen LogP contribution in [-0.2, 0) is 14.6 Å². The maximum atomic E-state index is 12.1. The second-order valence-corrected chi connectivity index (χ2v) is 7.83. The van der Waals surface area contributed by atoms with Crippen molar-refractivity contribution in [2.24, 2.45) is 5.92 Å². The van der Waals surface area contributed by atoms with Crippen LogP contribution < -0.4 is 5.32 Å². The van der Waals surface area contributed by atoms with Gasteiger partial charge in [0.15, 0.2) is 9.84 Å². The SMILES string of the molecule is CC(O)C1CCN(C(=O)CC2CS(=O)(=O)CCN2)C1. The predicted molar refractivity (Wildman–Crippen MR) is 71.4 cm³/mol. The number of carbonyl (C=O) groups is 1. The van der Waals surface area contributed by atoms with E-state index in [9.17, 15) is 18.3 Å². The van der Waals surface area contributed by atoms with Crippen LogP contribution in [0.3, 0.4) is 0 Å². The summed E-state index contributed by atoms with van der Waals surface area (Å²) >= 11 is 0. The Morgan fingerprint density at radius 1 is 1.53 bits per heavy atom. The normalized spacial score (nSPS) is 32.2. The Hall–Kier alpha value is -0.660. The standard InChI is InChI=1S/C12H22N2O4S/c1-9(15)10-2-4-14(7-10)12(16)6-11-8-19(17,18)5-3-13-11/h9-11,13,15H,2-8H2,1H3. The zero-order valence-corrected chi connectivity index (χ0v) is 12.0. The molecule has 19 heavy (non-hydrogen) atoms. The van der Waals surface area contributed by atoms with Gasteiger partial charge in [-0.25, -0.2) is 8.42 Å². The molecule has 6 nitrogen and oxygen atoms in total. The zero-order valence-electron chi connectivity index (χ0n) is 11.2. The average Bonchev–Trinajstić information content (AvgIpc) is 2.76. The third-order valence-corrected chi connectivity index (χ3v) is 5.72. The maximum Gasteiger partial charge on any atom is 0.224 e. The van der Waals surface area contributed by atoms with Crippen LogP contribution >= 0.6 is 0 Å². The van der Waals surface area contributed by atoms with E-state index in [4.69, 9.17) is 0 Å². The van der Waals surface area contributed by atoms with E-state index in [1.807, 2.05) is 0 Å². The number of nitrogens with one attached hydrogen (secondary N) is 1. The first-order valence-electron chi connectivity index (χ1n) is 6.77. The molecule has 2 rings (SSSR count). The van der Waals surface area contributed by atoms with Crippen LogP contribution in [-0.4, -0.2) is 67.6 Å². The molecule has 1 amide bonds. The summed E-state index contributed by atoms with van der Waals surface area (Å²) in [5.74, 6) is 0.336. The molecule has 0 radical (unpaired) electrons. The van der Waals surface area contributed by atoms with Gasteiger partial charge in [0, 0.05) is 38.0 Å². The number of carbonyl (C=O) groups excluding carboxylic acids is 1. The number of aliphatic hydroxyl groups excluding tert-OH is 1. The van der Waals surface area contributed by atoms with Gasteiger partial charge in [0.2, 0.25) is 5.91 Å². The molecule has 0 aromatic carbocycles. The van der Waals surface area contributed by atoms with Gasteiger partial charge < -0.3 is 15.3 Å². The Balaban J connectivity index is 1.85. The van der Waals surface area contributed by atoms with Crippen LogP contribution in [0.4, 0.5) is 0 Å². The second-order valence-electron chi connectivity index (χ2n) is 5.60. The third kappa shape index (κ3) is 3.90. The molecule has 2 N–H and O–H groups in total. The van der Waals surface area contributed by atoms with Crippen molar-refractivity contribution in [3.8, 4) is 0 Å². The fraction of sp³-hybridized carbons (Fsp3) is 0.917. The molecule has 3 atom stereocenters. The minimum absolute atomic E-state index is 0.0160. The zero-order chi connectivity index (χ0) is 14.0. The molecule has 0 aromatic heterocycles. The van der Waals surface area contributed by atoms with Crippen molar-refractivity contribution in [2.75, 3.05) is 31.1 Å². The lowest BCUT2D eigenvalue weighted by Crippen LogP contribution is -2.47. The summed E-state index contributed by atoms with van der Waals surface area (Å²) in [6.07, 6.45) is 0.650. The Bertz CT molecular complexity index is 435. The smallest absolute Gasteiger partial charge is 0.224 e. The third-order valence-electron chi connectivity index (χ3n) is 3.98. The maximum absolute atomic E-state index is 12.1. The van der Waals surface area contributed by atoms with Gasteiger partial charge in [0.05, 0.1) is 17.6 Å². The summed E-state index contributed by atoms with van der Waals surface area (Å²) in [5, 5.41) is 12.6. The molecule has 2 aliphatic rings. The lowest BCUT2D eigenvalue weighted by atomic mass is 10.0. The molecule has 0 bridgehead atoms. The fourth-order valence-corrected chi connectivity index (χ4v) is 4.19. The van der Waals surface area contributed by atoms with Gasteiger partial charge in [0.1, 0.15) is 0 Å². The number of amides is 1. The number of hydrogen-bond donors (Lipinski definition) is 2. The van der Waals surface area contributed by atoms with Crippen molar-refractivity contribution >= 4 is 15.7 Å². The van der Waals surface area contributed by atoms with E-state index in [1.54, 1.807) is 11.8 Å². The first kappa shape index (κ1) is 14.7. The largest absolute Gasteiger partial charge is 0.393 e. The monoisotopic (exact) mass is 290 g/mol. The van der Waals surface area contributed by atoms with Gasteiger partial charge in [-0.1, -0.05) is 0 Å². The molecule has 0 aliphatic carbocycles. The highest BCUT2D eigenvalue weighted by Gasteiger charge is 2.32. The summed E-state index contributed by atoms with van der Waals surface area (Å²) in [4.78, 5) is 13.8. The van der Waals surface area contributed by atoms with Crippen molar-refractivity contribution < 1.29 is 18.3 Å². The number of sulfone groups is 1.